The molecule has 0 spiro atoms. The highest BCUT2D eigenvalue weighted by Gasteiger charge is 2.17. The van der Waals surface area contributed by atoms with Gasteiger partial charge in [0.2, 0.25) is 11.8 Å². The molecule has 29 heavy (non-hydrogen) atoms. The second-order valence-corrected chi connectivity index (χ2v) is 6.14. The Kier molecular flexibility index (Phi) is 8.17. The second-order valence-electron chi connectivity index (χ2n) is 6.14. The van der Waals surface area contributed by atoms with Gasteiger partial charge in [-0.25, -0.2) is 4.79 Å². The van der Waals surface area contributed by atoms with Gasteiger partial charge in [0.05, 0.1) is 44.2 Å². The molecule has 0 aromatic heterocycles. The van der Waals surface area contributed by atoms with Crippen LogP contribution in [0, 0.1) is 0 Å². The Labute approximate surface area is 169 Å². The van der Waals surface area contributed by atoms with Crippen molar-refractivity contribution in [3.05, 3.63) is 54.1 Å². The van der Waals surface area contributed by atoms with E-state index in [1.165, 1.54) is 14.2 Å². The van der Waals surface area contributed by atoms with Gasteiger partial charge in [0.25, 0.3) is 0 Å². The van der Waals surface area contributed by atoms with Gasteiger partial charge in [-0.2, -0.15) is 0 Å². The number of likely N-dealkylation sites (N-methyl/N-ethyl adjacent to an activating group) is 1. The van der Waals surface area contributed by atoms with E-state index in [1.54, 1.807) is 47.4 Å². The van der Waals surface area contributed by atoms with Crippen LogP contribution in [-0.4, -0.2) is 56.5 Å². The van der Waals surface area contributed by atoms with Gasteiger partial charge in [0, 0.05) is 0 Å². The summed E-state index contributed by atoms with van der Waals surface area (Å²) in [5.41, 5.74) is 1.19. The van der Waals surface area contributed by atoms with Crippen LogP contribution in [0.5, 0.6) is 5.75 Å². The molecule has 2 rings (SSSR count). The minimum atomic E-state index is -0.538. The van der Waals surface area contributed by atoms with E-state index in [1.807, 2.05) is 13.0 Å². The Morgan fingerprint density at radius 1 is 0.862 bits per heavy atom. The van der Waals surface area contributed by atoms with E-state index in [4.69, 9.17) is 9.47 Å². The lowest BCUT2D eigenvalue weighted by molar-refractivity contribution is -0.119. The summed E-state index contributed by atoms with van der Waals surface area (Å²) < 4.78 is 9.94. The maximum absolute atomic E-state index is 12.4. The molecule has 0 heterocycles. The summed E-state index contributed by atoms with van der Waals surface area (Å²) in [5.74, 6) is -0.585. The number of methoxy groups -OCH3 is 2. The van der Waals surface area contributed by atoms with Crippen LogP contribution >= 0.6 is 0 Å². The Morgan fingerprint density at radius 2 is 1.41 bits per heavy atom. The average Bonchev–Trinajstić information content (AvgIpc) is 2.73. The van der Waals surface area contributed by atoms with E-state index in [-0.39, 0.29) is 30.5 Å². The summed E-state index contributed by atoms with van der Waals surface area (Å²) in [6.07, 6.45) is 0. The molecule has 0 saturated carbocycles. The highest BCUT2D eigenvalue weighted by Crippen LogP contribution is 2.22. The fourth-order valence-electron chi connectivity index (χ4n) is 2.69. The van der Waals surface area contributed by atoms with Gasteiger partial charge in [-0.15, -0.1) is 0 Å². The second kappa shape index (κ2) is 10.8. The first-order chi connectivity index (χ1) is 14.0. The Morgan fingerprint density at radius 3 is 2.00 bits per heavy atom. The predicted molar refractivity (Wildman–Crippen MR) is 110 cm³/mol. The number of carbonyl (C=O) groups excluding carboxylic acids is 3. The minimum Gasteiger partial charge on any atom is -0.495 e. The van der Waals surface area contributed by atoms with Crippen molar-refractivity contribution in [2.45, 2.75) is 6.92 Å². The summed E-state index contributed by atoms with van der Waals surface area (Å²) in [7, 11) is 2.81. The van der Waals surface area contributed by atoms with Crippen LogP contribution in [0.4, 0.5) is 11.4 Å². The van der Waals surface area contributed by atoms with Crippen molar-refractivity contribution in [3.8, 4) is 5.75 Å². The number of esters is 1. The molecule has 0 aliphatic carbocycles. The first-order valence-electron chi connectivity index (χ1n) is 9.10. The standard InChI is InChI=1S/C21H25N3O5/c1-4-24(14-20(26)23-17-11-7-8-12-18(17)28-2)13-19(25)22-16-10-6-5-9-15(16)21(27)29-3/h5-12H,4,13-14H2,1-3H3,(H,22,25)(H,23,26). The molecule has 0 saturated heterocycles. The third kappa shape index (κ3) is 6.32. The summed E-state index contributed by atoms with van der Waals surface area (Å²) >= 11 is 0. The minimum absolute atomic E-state index is 0.00858. The van der Waals surface area contributed by atoms with Gasteiger partial charge >= 0.3 is 5.97 Å². The number of hydrogen-bond acceptors (Lipinski definition) is 6. The number of amides is 2. The van der Waals surface area contributed by atoms with Crippen molar-refractivity contribution < 1.29 is 23.9 Å². The number of anilines is 2. The molecule has 8 heteroatoms. The van der Waals surface area contributed by atoms with Crippen LogP contribution < -0.4 is 15.4 Å². The zero-order valence-corrected chi connectivity index (χ0v) is 16.7. The molecular weight excluding hydrogens is 374 g/mol. The monoisotopic (exact) mass is 399 g/mol. The van der Waals surface area contributed by atoms with Gasteiger partial charge in [0.15, 0.2) is 0 Å². The number of benzene rings is 2. The molecule has 0 aliphatic rings. The maximum Gasteiger partial charge on any atom is 0.339 e. The van der Waals surface area contributed by atoms with Crippen molar-refractivity contribution in [1.82, 2.24) is 4.90 Å². The van der Waals surface area contributed by atoms with Crippen LogP contribution in [0.3, 0.4) is 0 Å². The van der Waals surface area contributed by atoms with E-state index in [0.717, 1.165) is 0 Å². The third-order valence-electron chi connectivity index (χ3n) is 4.17. The van der Waals surface area contributed by atoms with E-state index < -0.39 is 5.97 Å². The SMILES string of the molecule is CCN(CC(=O)Nc1ccccc1OC)CC(=O)Nc1ccccc1C(=O)OC. The zero-order valence-electron chi connectivity index (χ0n) is 16.7. The first-order valence-corrected chi connectivity index (χ1v) is 9.10. The summed E-state index contributed by atoms with van der Waals surface area (Å²) in [4.78, 5) is 38.3. The molecule has 0 fully saturated rings. The predicted octanol–water partition coefficient (Wildman–Crippen LogP) is 2.38. The number of nitrogens with one attached hydrogen (secondary N) is 2. The van der Waals surface area contributed by atoms with Crippen LogP contribution in [-0.2, 0) is 14.3 Å². The van der Waals surface area contributed by atoms with Crippen LogP contribution in [0.2, 0.25) is 0 Å². The molecule has 8 nitrogen and oxygen atoms in total. The zero-order chi connectivity index (χ0) is 21.2. The van der Waals surface area contributed by atoms with Crippen molar-refractivity contribution in [2.75, 3.05) is 44.5 Å². The molecule has 2 N–H and O–H groups in total. The number of carbonyl (C=O) groups is 3. The molecule has 2 aromatic rings. The fraction of sp³-hybridized carbons (Fsp3) is 0.286. The quantitative estimate of drug-likeness (QED) is 0.629. The van der Waals surface area contributed by atoms with Crippen molar-refractivity contribution in [1.29, 1.82) is 0 Å². The van der Waals surface area contributed by atoms with Gasteiger partial charge in [0.1, 0.15) is 5.75 Å². The Balaban J connectivity index is 1.96. The van der Waals surface area contributed by atoms with Crippen molar-refractivity contribution >= 4 is 29.2 Å². The van der Waals surface area contributed by atoms with Crippen LogP contribution in [0.25, 0.3) is 0 Å². The average molecular weight is 399 g/mol. The van der Waals surface area contributed by atoms with Gasteiger partial charge in [-0.1, -0.05) is 31.2 Å². The normalized spacial score (nSPS) is 10.3. The lowest BCUT2D eigenvalue weighted by atomic mass is 10.2. The Bertz CT molecular complexity index is 869. The number of ether oxygens (including phenoxy) is 2. The third-order valence-corrected chi connectivity index (χ3v) is 4.17. The number of hydrogen-bond donors (Lipinski definition) is 2. The lowest BCUT2D eigenvalue weighted by Crippen LogP contribution is -2.38. The van der Waals surface area contributed by atoms with Crippen LogP contribution in [0.15, 0.2) is 48.5 Å². The van der Waals surface area contributed by atoms with Gasteiger partial charge in [-0.3, -0.25) is 14.5 Å². The Hall–Kier alpha value is -3.39. The molecule has 0 bridgehead atoms. The molecule has 0 radical (unpaired) electrons. The number of nitrogens with zero attached hydrogens (tertiary/aromatic N) is 1. The van der Waals surface area contributed by atoms with E-state index >= 15 is 0 Å². The van der Waals surface area contributed by atoms with Gasteiger partial charge in [-0.05, 0) is 30.8 Å². The summed E-state index contributed by atoms with van der Waals surface area (Å²) in [5, 5.41) is 5.48. The topological polar surface area (TPSA) is 97.0 Å². The summed E-state index contributed by atoms with van der Waals surface area (Å²) in [6, 6.07) is 13.7. The first kappa shape index (κ1) is 21.9. The van der Waals surface area contributed by atoms with E-state index in [2.05, 4.69) is 10.6 Å². The number of para-hydroxylation sites is 3. The molecule has 0 aliphatic heterocycles. The molecule has 154 valence electrons. The maximum atomic E-state index is 12.4. The molecule has 2 amide bonds. The molecular formula is C21H25N3O5. The highest BCUT2D eigenvalue weighted by molar-refractivity contribution is 6.02. The smallest absolute Gasteiger partial charge is 0.339 e. The van der Waals surface area contributed by atoms with Crippen molar-refractivity contribution in [2.24, 2.45) is 0 Å². The van der Waals surface area contributed by atoms with E-state index in [0.29, 0.717) is 23.7 Å². The molecule has 2 aromatic carbocycles. The van der Waals surface area contributed by atoms with Crippen LogP contribution in [0.1, 0.15) is 17.3 Å². The highest BCUT2D eigenvalue weighted by atomic mass is 16.5. The molecule has 0 atom stereocenters. The largest absolute Gasteiger partial charge is 0.495 e. The fourth-order valence-corrected chi connectivity index (χ4v) is 2.69. The number of rotatable bonds is 9. The van der Waals surface area contributed by atoms with E-state index in [9.17, 15) is 14.4 Å². The van der Waals surface area contributed by atoms with Gasteiger partial charge < -0.3 is 20.1 Å². The lowest BCUT2D eigenvalue weighted by Gasteiger charge is -2.20. The molecule has 0 unspecified atom stereocenters. The summed E-state index contributed by atoms with van der Waals surface area (Å²) in [6.45, 7) is 2.36. The van der Waals surface area contributed by atoms with Crippen molar-refractivity contribution in [3.63, 3.8) is 0 Å².